The van der Waals surface area contributed by atoms with Crippen molar-refractivity contribution in [3.63, 3.8) is 0 Å². The third-order valence-electron chi connectivity index (χ3n) is 5.28. The van der Waals surface area contributed by atoms with Crippen molar-refractivity contribution >= 4 is 23.7 Å². The van der Waals surface area contributed by atoms with Gasteiger partial charge in [-0.1, -0.05) is 54.6 Å². The van der Waals surface area contributed by atoms with Crippen LogP contribution in [0.3, 0.4) is 0 Å². The molecule has 0 aliphatic heterocycles. The van der Waals surface area contributed by atoms with Crippen LogP contribution in [0.25, 0.3) is 0 Å². The highest BCUT2D eigenvalue weighted by Gasteiger charge is 2.15. The smallest absolute Gasteiger partial charge is 0.407 e. The molecule has 0 saturated heterocycles. The fraction of sp³-hybridized carbons (Fsp3) is 0.258. The van der Waals surface area contributed by atoms with Crippen LogP contribution in [0.1, 0.15) is 26.3 Å². The second-order valence-corrected chi connectivity index (χ2v) is 9.91. The molecule has 0 aliphatic carbocycles. The third kappa shape index (κ3) is 11.7. The molecule has 9 nitrogen and oxygen atoms in total. The largest absolute Gasteiger partial charge is 0.457 e. The quantitative estimate of drug-likeness (QED) is 0.190. The van der Waals surface area contributed by atoms with Gasteiger partial charge in [0.25, 0.3) is 0 Å². The molecule has 0 unspecified atom stereocenters. The van der Waals surface area contributed by atoms with Crippen molar-refractivity contribution in [1.82, 2.24) is 16.0 Å². The Labute approximate surface area is 235 Å². The fourth-order valence-corrected chi connectivity index (χ4v) is 3.53. The molecule has 4 amide bonds. The van der Waals surface area contributed by atoms with E-state index in [1.165, 1.54) is 6.08 Å². The normalized spacial score (nSPS) is 11.8. The summed E-state index contributed by atoms with van der Waals surface area (Å²) in [7, 11) is 0. The number of carbonyl (C=O) groups is 3. The summed E-state index contributed by atoms with van der Waals surface area (Å²) in [6, 6.07) is 25.3. The van der Waals surface area contributed by atoms with Crippen molar-refractivity contribution < 1.29 is 23.9 Å². The van der Waals surface area contributed by atoms with E-state index in [0.29, 0.717) is 17.9 Å². The first-order valence-electron chi connectivity index (χ1n) is 13.0. The Balaban J connectivity index is 1.52. The van der Waals surface area contributed by atoms with Crippen molar-refractivity contribution in [2.75, 3.05) is 18.4 Å². The van der Waals surface area contributed by atoms with Crippen LogP contribution in [0.15, 0.2) is 97.1 Å². The van der Waals surface area contributed by atoms with E-state index >= 15 is 0 Å². The molecule has 0 aliphatic rings. The predicted molar refractivity (Wildman–Crippen MR) is 155 cm³/mol. The van der Waals surface area contributed by atoms with Crippen molar-refractivity contribution in [2.24, 2.45) is 0 Å². The lowest BCUT2D eigenvalue weighted by molar-refractivity contribution is -0.116. The zero-order chi connectivity index (χ0) is 28.8. The lowest BCUT2D eigenvalue weighted by atomic mass is 10.1. The summed E-state index contributed by atoms with van der Waals surface area (Å²) in [4.78, 5) is 36.8. The highest BCUT2D eigenvalue weighted by atomic mass is 16.6. The molecule has 0 saturated carbocycles. The molecule has 0 heterocycles. The summed E-state index contributed by atoms with van der Waals surface area (Å²) in [5, 5.41) is 11.0. The van der Waals surface area contributed by atoms with Crippen molar-refractivity contribution in [1.29, 1.82) is 0 Å². The maximum absolute atomic E-state index is 12.8. The van der Waals surface area contributed by atoms with E-state index in [4.69, 9.17) is 9.47 Å². The van der Waals surface area contributed by atoms with Crippen LogP contribution in [0.5, 0.6) is 11.5 Å². The molecule has 0 radical (unpaired) electrons. The number of carbonyl (C=O) groups excluding carboxylic acids is 3. The molecule has 0 bridgehead atoms. The van der Waals surface area contributed by atoms with Gasteiger partial charge in [-0.05, 0) is 69.2 Å². The maximum atomic E-state index is 12.8. The Morgan fingerprint density at radius 1 is 0.800 bits per heavy atom. The molecular weight excluding hydrogens is 508 g/mol. The van der Waals surface area contributed by atoms with E-state index < -0.39 is 23.8 Å². The van der Waals surface area contributed by atoms with Gasteiger partial charge < -0.3 is 30.7 Å². The molecule has 3 aromatic rings. The molecule has 0 fully saturated rings. The fourth-order valence-electron chi connectivity index (χ4n) is 3.53. The Morgan fingerprint density at radius 3 is 2.05 bits per heavy atom. The van der Waals surface area contributed by atoms with Crippen molar-refractivity contribution in [3.8, 4) is 11.5 Å². The number of amides is 4. The standard InChI is InChI=1S/C31H36N4O5/c1-31(2,3)40-30(38)33-21-20-32-28(36)19-16-25(22-23-10-6-4-7-11-23)35-29(37)34-24-14-17-27(18-15-24)39-26-12-8-5-9-13-26/h4-19,25H,20-22H2,1-3H3,(H,32,36)(H,33,38)(H2,34,35,37)/b19-16+/t25-/m1/s1. The van der Waals surface area contributed by atoms with Crippen LogP contribution in [-0.2, 0) is 16.0 Å². The van der Waals surface area contributed by atoms with Gasteiger partial charge in [0.05, 0.1) is 6.04 Å². The highest BCUT2D eigenvalue weighted by Crippen LogP contribution is 2.22. The molecule has 9 heteroatoms. The van der Waals surface area contributed by atoms with Gasteiger partial charge in [-0.2, -0.15) is 0 Å². The molecule has 4 N–H and O–H groups in total. The van der Waals surface area contributed by atoms with E-state index in [1.807, 2.05) is 60.7 Å². The SMILES string of the molecule is CC(C)(C)OC(=O)NCCNC(=O)/C=C/[C@H](Cc1ccccc1)NC(=O)Nc1ccc(Oc2ccccc2)cc1. The Morgan fingerprint density at radius 2 is 1.40 bits per heavy atom. The Kier molecular flexibility index (Phi) is 11.1. The van der Waals surface area contributed by atoms with E-state index in [2.05, 4.69) is 21.3 Å². The predicted octanol–water partition coefficient (Wildman–Crippen LogP) is 5.41. The summed E-state index contributed by atoms with van der Waals surface area (Å²) in [6.45, 7) is 5.77. The summed E-state index contributed by atoms with van der Waals surface area (Å²) in [5.41, 5.74) is 1.00. The number of benzene rings is 3. The molecule has 3 rings (SSSR count). The van der Waals surface area contributed by atoms with E-state index in [1.54, 1.807) is 51.1 Å². The van der Waals surface area contributed by atoms with Gasteiger partial charge in [-0.25, -0.2) is 9.59 Å². The van der Waals surface area contributed by atoms with Crippen LogP contribution in [0.4, 0.5) is 15.3 Å². The first-order valence-corrected chi connectivity index (χ1v) is 13.0. The maximum Gasteiger partial charge on any atom is 0.407 e. The van der Waals surface area contributed by atoms with Crippen LogP contribution in [0, 0.1) is 0 Å². The number of alkyl carbamates (subject to hydrolysis) is 1. The zero-order valence-electron chi connectivity index (χ0n) is 23.0. The lowest BCUT2D eigenvalue weighted by Crippen LogP contribution is -2.39. The van der Waals surface area contributed by atoms with Crippen LogP contribution >= 0.6 is 0 Å². The number of anilines is 1. The molecular formula is C31H36N4O5. The van der Waals surface area contributed by atoms with Gasteiger partial charge in [0.15, 0.2) is 0 Å². The number of urea groups is 1. The van der Waals surface area contributed by atoms with Gasteiger partial charge in [0, 0.05) is 24.9 Å². The number of para-hydroxylation sites is 1. The lowest BCUT2D eigenvalue weighted by Gasteiger charge is -2.19. The van der Waals surface area contributed by atoms with E-state index in [0.717, 1.165) is 11.3 Å². The van der Waals surface area contributed by atoms with Crippen LogP contribution in [-0.4, -0.2) is 42.8 Å². The van der Waals surface area contributed by atoms with Gasteiger partial charge in [0.1, 0.15) is 17.1 Å². The number of hydrogen-bond acceptors (Lipinski definition) is 5. The third-order valence-corrected chi connectivity index (χ3v) is 5.28. The average molecular weight is 545 g/mol. The van der Waals surface area contributed by atoms with Crippen LogP contribution < -0.4 is 26.0 Å². The minimum absolute atomic E-state index is 0.220. The second-order valence-electron chi connectivity index (χ2n) is 9.91. The number of nitrogens with one attached hydrogen (secondary N) is 4. The first-order chi connectivity index (χ1) is 19.2. The van der Waals surface area contributed by atoms with E-state index in [9.17, 15) is 14.4 Å². The van der Waals surface area contributed by atoms with Crippen molar-refractivity contribution in [2.45, 2.75) is 38.8 Å². The van der Waals surface area contributed by atoms with Gasteiger partial charge in [-0.15, -0.1) is 0 Å². The number of ether oxygens (including phenoxy) is 2. The van der Waals surface area contributed by atoms with Crippen molar-refractivity contribution in [3.05, 3.63) is 103 Å². The topological polar surface area (TPSA) is 118 Å². The molecule has 3 aromatic carbocycles. The monoisotopic (exact) mass is 544 g/mol. The van der Waals surface area contributed by atoms with Gasteiger partial charge >= 0.3 is 12.1 Å². The number of hydrogen-bond donors (Lipinski definition) is 4. The van der Waals surface area contributed by atoms with Crippen LogP contribution in [0.2, 0.25) is 0 Å². The summed E-state index contributed by atoms with van der Waals surface area (Å²) >= 11 is 0. The first kappa shape index (κ1) is 29.8. The minimum atomic E-state index is -0.594. The summed E-state index contributed by atoms with van der Waals surface area (Å²) in [5.74, 6) is 1.02. The molecule has 1 atom stereocenters. The summed E-state index contributed by atoms with van der Waals surface area (Å²) in [6.07, 6.45) is 2.95. The molecule has 0 spiro atoms. The van der Waals surface area contributed by atoms with Gasteiger partial charge in [-0.3, -0.25) is 4.79 Å². The molecule has 0 aromatic heterocycles. The summed E-state index contributed by atoms with van der Waals surface area (Å²) < 4.78 is 10.9. The van der Waals surface area contributed by atoms with Gasteiger partial charge in [0.2, 0.25) is 5.91 Å². The molecule has 210 valence electrons. The number of rotatable bonds is 11. The van der Waals surface area contributed by atoms with E-state index in [-0.39, 0.29) is 19.0 Å². The zero-order valence-corrected chi connectivity index (χ0v) is 23.0. The molecule has 40 heavy (non-hydrogen) atoms. The second kappa shape index (κ2) is 15.0. The highest BCUT2D eigenvalue weighted by molar-refractivity contribution is 5.90. The Bertz CT molecular complexity index is 1260. The Hall–Kier alpha value is -4.79. The average Bonchev–Trinajstić information content (AvgIpc) is 2.91. The minimum Gasteiger partial charge on any atom is -0.457 e.